The summed E-state index contributed by atoms with van der Waals surface area (Å²) >= 11 is 0. The van der Waals surface area contributed by atoms with E-state index in [9.17, 15) is 9.90 Å². The second-order valence-electron chi connectivity index (χ2n) is 5.43. The summed E-state index contributed by atoms with van der Waals surface area (Å²) in [4.78, 5) is 14.0. The number of likely N-dealkylation sites (tertiary alicyclic amines) is 1. The van der Waals surface area contributed by atoms with Crippen molar-refractivity contribution in [1.29, 1.82) is 0 Å². The van der Waals surface area contributed by atoms with E-state index in [1.165, 1.54) is 0 Å². The maximum atomic E-state index is 12.1. The largest absolute Gasteiger partial charge is 0.392 e. The van der Waals surface area contributed by atoms with Crippen LogP contribution >= 0.6 is 0 Å². The molecule has 1 saturated heterocycles. The zero-order valence-corrected chi connectivity index (χ0v) is 10.5. The van der Waals surface area contributed by atoms with Gasteiger partial charge in [-0.15, -0.1) is 0 Å². The molecular formula is C15H19NO2. The molecule has 2 aliphatic rings. The van der Waals surface area contributed by atoms with Crippen molar-refractivity contribution in [2.24, 2.45) is 5.92 Å². The van der Waals surface area contributed by atoms with Gasteiger partial charge in [-0.25, -0.2) is 0 Å². The Morgan fingerprint density at radius 1 is 1.17 bits per heavy atom. The van der Waals surface area contributed by atoms with Crippen LogP contribution in [0, 0.1) is 5.92 Å². The second kappa shape index (κ2) is 4.73. The van der Waals surface area contributed by atoms with Gasteiger partial charge in [-0.05, 0) is 24.8 Å². The van der Waals surface area contributed by atoms with Crippen molar-refractivity contribution in [3.63, 3.8) is 0 Å². The maximum absolute atomic E-state index is 12.1. The molecule has 1 aromatic rings. The van der Waals surface area contributed by atoms with E-state index in [1.54, 1.807) is 0 Å². The smallest absolute Gasteiger partial charge is 0.225 e. The third-order valence-electron chi connectivity index (χ3n) is 4.04. The Kier molecular flexibility index (Phi) is 3.08. The summed E-state index contributed by atoms with van der Waals surface area (Å²) in [6, 6.07) is 10.0. The van der Waals surface area contributed by atoms with Gasteiger partial charge in [0.15, 0.2) is 0 Å². The molecule has 3 rings (SSSR count). The predicted octanol–water partition coefficient (Wildman–Crippen LogP) is 1.77. The van der Waals surface area contributed by atoms with Crippen molar-refractivity contribution in [2.45, 2.75) is 31.3 Å². The number of hydrogen-bond donors (Lipinski definition) is 1. The van der Waals surface area contributed by atoms with Crippen molar-refractivity contribution < 1.29 is 9.90 Å². The number of benzene rings is 1. The van der Waals surface area contributed by atoms with Gasteiger partial charge in [0.1, 0.15) is 0 Å². The number of carbonyl (C=O) groups excluding carboxylic acids is 1. The van der Waals surface area contributed by atoms with Gasteiger partial charge >= 0.3 is 0 Å². The molecule has 18 heavy (non-hydrogen) atoms. The molecule has 0 aromatic heterocycles. The molecule has 96 valence electrons. The molecule has 1 N–H and O–H groups in total. The first-order valence-electron chi connectivity index (χ1n) is 6.77. The van der Waals surface area contributed by atoms with Crippen molar-refractivity contribution in [1.82, 2.24) is 4.90 Å². The zero-order chi connectivity index (χ0) is 12.5. The van der Waals surface area contributed by atoms with Crippen LogP contribution in [0.5, 0.6) is 0 Å². The first kappa shape index (κ1) is 11.7. The highest BCUT2D eigenvalue weighted by molar-refractivity contribution is 5.81. The van der Waals surface area contributed by atoms with Gasteiger partial charge < -0.3 is 10.0 Å². The summed E-state index contributed by atoms with van der Waals surface area (Å²) in [6.45, 7) is 1.38. The molecule has 0 radical (unpaired) electrons. The van der Waals surface area contributed by atoms with Crippen LogP contribution in [-0.2, 0) is 4.79 Å². The van der Waals surface area contributed by atoms with Crippen LogP contribution in [0.2, 0.25) is 0 Å². The Hall–Kier alpha value is -1.35. The Morgan fingerprint density at radius 3 is 2.56 bits per heavy atom. The van der Waals surface area contributed by atoms with E-state index >= 15 is 0 Å². The highest BCUT2D eigenvalue weighted by atomic mass is 16.3. The second-order valence-corrected chi connectivity index (χ2v) is 5.43. The lowest BCUT2D eigenvalue weighted by molar-refractivity contribution is -0.135. The standard InChI is InChI=1S/C15H19NO2/c17-14-8-9-16(15(18)12-6-7-12)10-13(14)11-4-2-1-3-5-11/h1-5,12-14,17H,6-10H2/t13-,14-/m1/s1. The SMILES string of the molecule is O=C(C1CC1)N1CC[C@@H](O)[C@@H](c2ccccc2)C1. The van der Waals surface area contributed by atoms with E-state index < -0.39 is 0 Å². The highest BCUT2D eigenvalue weighted by Crippen LogP contribution is 2.34. The molecule has 0 unspecified atom stereocenters. The Bertz CT molecular complexity index is 427. The van der Waals surface area contributed by atoms with Gasteiger partial charge in [0.2, 0.25) is 5.91 Å². The first-order chi connectivity index (χ1) is 8.75. The van der Waals surface area contributed by atoms with Crippen molar-refractivity contribution in [3.05, 3.63) is 35.9 Å². The van der Waals surface area contributed by atoms with E-state index in [-0.39, 0.29) is 17.9 Å². The molecule has 1 aliphatic carbocycles. The number of hydrogen-bond acceptors (Lipinski definition) is 2. The van der Waals surface area contributed by atoms with Crippen LogP contribution in [0.3, 0.4) is 0 Å². The fourth-order valence-corrected chi connectivity index (χ4v) is 2.76. The Labute approximate surface area is 107 Å². The maximum Gasteiger partial charge on any atom is 0.225 e. The summed E-state index contributed by atoms with van der Waals surface area (Å²) in [6.07, 6.45) is 2.47. The summed E-state index contributed by atoms with van der Waals surface area (Å²) in [5.41, 5.74) is 1.14. The van der Waals surface area contributed by atoms with E-state index in [4.69, 9.17) is 0 Å². The van der Waals surface area contributed by atoms with Crippen LogP contribution in [-0.4, -0.2) is 35.1 Å². The van der Waals surface area contributed by atoms with Crippen LogP contribution in [0.1, 0.15) is 30.7 Å². The number of aliphatic hydroxyl groups excluding tert-OH is 1. The van der Waals surface area contributed by atoms with Gasteiger partial charge in [-0.2, -0.15) is 0 Å². The normalized spacial score (nSPS) is 28.2. The average Bonchev–Trinajstić information content (AvgIpc) is 3.24. The topological polar surface area (TPSA) is 40.5 Å². The number of aliphatic hydroxyl groups is 1. The Balaban J connectivity index is 1.74. The van der Waals surface area contributed by atoms with Crippen LogP contribution in [0.15, 0.2) is 30.3 Å². The zero-order valence-electron chi connectivity index (χ0n) is 10.5. The molecule has 1 heterocycles. The van der Waals surface area contributed by atoms with Gasteiger partial charge in [0, 0.05) is 24.9 Å². The van der Waals surface area contributed by atoms with E-state index in [0.29, 0.717) is 25.4 Å². The fourth-order valence-electron chi connectivity index (χ4n) is 2.76. The van der Waals surface area contributed by atoms with E-state index in [2.05, 4.69) is 0 Å². The molecule has 1 amide bonds. The molecule has 1 saturated carbocycles. The molecule has 2 atom stereocenters. The lowest BCUT2D eigenvalue weighted by atomic mass is 9.88. The predicted molar refractivity (Wildman–Crippen MR) is 69.1 cm³/mol. The van der Waals surface area contributed by atoms with Gasteiger partial charge in [0.05, 0.1) is 6.10 Å². The lowest BCUT2D eigenvalue weighted by Crippen LogP contribution is -2.45. The molecule has 2 fully saturated rings. The number of piperidine rings is 1. The number of amides is 1. The highest BCUT2D eigenvalue weighted by Gasteiger charge is 2.37. The minimum atomic E-state index is -0.323. The Morgan fingerprint density at radius 2 is 1.89 bits per heavy atom. The molecule has 0 spiro atoms. The fraction of sp³-hybridized carbons (Fsp3) is 0.533. The molecule has 1 aliphatic heterocycles. The van der Waals surface area contributed by atoms with Crippen molar-refractivity contribution in [3.8, 4) is 0 Å². The third kappa shape index (κ3) is 2.27. The summed E-state index contributed by atoms with van der Waals surface area (Å²) in [5.74, 6) is 0.641. The minimum Gasteiger partial charge on any atom is -0.392 e. The molecule has 1 aromatic carbocycles. The quantitative estimate of drug-likeness (QED) is 0.862. The molecule has 3 nitrogen and oxygen atoms in total. The van der Waals surface area contributed by atoms with Crippen LogP contribution < -0.4 is 0 Å². The molecular weight excluding hydrogens is 226 g/mol. The average molecular weight is 245 g/mol. The summed E-state index contributed by atoms with van der Waals surface area (Å²) in [5, 5.41) is 10.1. The van der Waals surface area contributed by atoms with Crippen molar-refractivity contribution >= 4 is 5.91 Å². The summed E-state index contributed by atoms with van der Waals surface area (Å²) < 4.78 is 0. The van der Waals surface area contributed by atoms with Crippen molar-refractivity contribution in [2.75, 3.05) is 13.1 Å². The number of rotatable bonds is 2. The van der Waals surface area contributed by atoms with Gasteiger partial charge in [0.25, 0.3) is 0 Å². The number of carbonyl (C=O) groups is 1. The van der Waals surface area contributed by atoms with E-state index in [1.807, 2.05) is 35.2 Å². The first-order valence-corrected chi connectivity index (χ1v) is 6.77. The van der Waals surface area contributed by atoms with Crippen LogP contribution in [0.25, 0.3) is 0 Å². The van der Waals surface area contributed by atoms with Gasteiger partial charge in [-0.3, -0.25) is 4.79 Å². The molecule has 0 bridgehead atoms. The number of nitrogens with zero attached hydrogens (tertiary/aromatic N) is 1. The minimum absolute atomic E-state index is 0.0719. The molecule has 3 heteroatoms. The van der Waals surface area contributed by atoms with Crippen LogP contribution in [0.4, 0.5) is 0 Å². The summed E-state index contributed by atoms with van der Waals surface area (Å²) in [7, 11) is 0. The third-order valence-corrected chi connectivity index (χ3v) is 4.04. The monoisotopic (exact) mass is 245 g/mol. The van der Waals surface area contributed by atoms with E-state index in [0.717, 1.165) is 18.4 Å². The van der Waals surface area contributed by atoms with Gasteiger partial charge in [-0.1, -0.05) is 30.3 Å². The lowest BCUT2D eigenvalue weighted by Gasteiger charge is -2.36.